The first kappa shape index (κ1) is 22.0. The molecule has 2 N–H and O–H groups in total. The van der Waals surface area contributed by atoms with E-state index in [1.165, 1.54) is 18.5 Å². The summed E-state index contributed by atoms with van der Waals surface area (Å²) < 4.78 is 27.3. The Morgan fingerprint density at radius 2 is 1.69 bits per heavy atom. The Balaban J connectivity index is 1.36. The van der Waals surface area contributed by atoms with Crippen molar-refractivity contribution in [3.05, 3.63) is 90.3 Å². The predicted octanol–water partition coefficient (Wildman–Crippen LogP) is 3.09. The summed E-state index contributed by atoms with van der Waals surface area (Å²) in [6.07, 6.45) is 4.37. The molecule has 1 aliphatic heterocycles. The van der Waals surface area contributed by atoms with Crippen LogP contribution in [0.25, 0.3) is 0 Å². The number of nitrogens with zero attached hydrogens (tertiary/aromatic N) is 2. The molecule has 0 radical (unpaired) electrons. The Morgan fingerprint density at radius 3 is 2.31 bits per heavy atom. The predicted molar refractivity (Wildman–Crippen MR) is 122 cm³/mol. The van der Waals surface area contributed by atoms with E-state index < -0.39 is 15.6 Å². The number of piperidine rings is 1. The smallest absolute Gasteiger partial charge is 0.263 e. The summed E-state index contributed by atoms with van der Waals surface area (Å²) in [6.45, 7) is 0.940. The van der Waals surface area contributed by atoms with Gasteiger partial charge in [-0.1, -0.05) is 30.3 Å². The van der Waals surface area contributed by atoms with Crippen LogP contribution in [0.4, 0.5) is 5.69 Å². The van der Waals surface area contributed by atoms with Crippen LogP contribution in [0.2, 0.25) is 0 Å². The largest absolute Gasteiger partial charge is 0.389 e. The zero-order valence-corrected chi connectivity index (χ0v) is 18.3. The third-order valence-electron chi connectivity index (χ3n) is 5.69. The first-order valence-corrected chi connectivity index (χ1v) is 11.9. The van der Waals surface area contributed by atoms with Crippen LogP contribution in [0.3, 0.4) is 0 Å². The van der Waals surface area contributed by atoms with E-state index in [1.807, 2.05) is 30.3 Å². The summed E-state index contributed by atoms with van der Waals surface area (Å²) in [5.41, 5.74) is 1.11. The second-order valence-corrected chi connectivity index (χ2v) is 9.73. The number of sulfonamides is 1. The van der Waals surface area contributed by atoms with Gasteiger partial charge in [0.25, 0.3) is 15.9 Å². The maximum Gasteiger partial charge on any atom is 0.263 e. The molecule has 1 amide bonds. The maximum atomic E-state index is 12.9. The lowest BCUT2D eigenvalue weighted by molar-refractivity contribution is -0.0162. The average Bonchev–Trinajstić information content (AvgIpc) is 2.80. The summed E-state index contributed by atoms with van der Waals surface area (Å²) in [5.74, 6) is -0.131. The number of benzene rings is 2. The highest BCUT2D eigenvalue weighted by atomic mass is 32.2. The third-order valence-corrected chi connectivity index (χ3v) is 7.05. The normalized spacial score (nSPS) is 15.8. The van der Waals surface area contributed by atoms with Crippen LogP contribution in [-0.2, 0) is 16.4 Å². The molecule has 166 valence electrons. The molecule has 0 atom stereocenters. The second kappa shape index (κ2) is 9.10. The number of carbonyl (C=O) groups excluding carboxylic acids is 1. The highest BCUT2D eigenvalue weighted by Gasteiger charge is 2.34. The van der Waals surface area contributed by atoms with Gasteiger partial charge < -0.3 is 10.0 Å². The molecule has 0 unspecified atom stereocenters. The zero-order valence-electron chi connectivity index (χ0n) is 17.5. The first-order chi connectivity index (χ1) is 15.3. The molecule has 1 aromatic heterocycles. The van der Waals surface area contributed by atoms with Gasteiger partial charge in [-0.2, -0.15) is 0 Å². The summed E-state index contributed by atoms with van der Waals surface area (Å²) in [4.78, 5) is 18.5. The Bertz CT molecular complexity index is 1160. The molecule has 0 spiro atoms. The number of aliphatic hydroxyl groups is 1. The van der Waals surface area contributed by atoms with Crippen LogP contribution in [-0.4, -0.2) is 48.0 Å². The van der Waals surface area contributed by atoms with Gasteiger partial charge in [0, 0.05) is 43.2 Å². The molecule has 8 heteroatoms. The minimum absolute atomic E-state index is 0.0662. The molecule has 0 saturated carbocycles. The van der Waals surface area contributed by atoms with Gasteiger partial charge in [-0.15, -0.1) is 0 Å². The fraction of sp³-hybridized carbons (Fsp3) is 0.250. The van der Waals surface area contributed by atoms with Gasteiger partial charge in [-0.05, 0) is 54.8 Å². The molecule has 4 rings (SSSR count). The van der Waals surface area contributed by atoms with Crippen molar-refractivity contribution in [3.63, 3.8) is 0 Å². The molecule has 32 heavy (non-hydrogen) atoms. The van der Waals surface area contributed by atoms with E-state index >= 15 is 0 Å². The Morgan fingerprint density at radius 1 is 1.00 bits per heavy atom. The van der Waals surface area contributed by atoms with Crippen LogP contribution >= 0.6 is 0 Å². The number of rotatable bonds is 6. The van der Waals surface area contributed by atoms with Crippen LogP contribution in [0.15, 0.2) is 84.0 Å². The van der Waals surface area contributed by atoms with Crippen LogP contribution in [0.1, 0.15) is 28.8 Å². The molecule has 7 nitrogen and oxygen atoms in total. The van der Waals surface area contributed by atoms with E-state index in [4.69, 9.17) is 0 Å². The fourth-order valence-electron chi connectivity index (χ4n) is 3.86. The van der Waals surface area contributed by atoms with Crippen molar-refractivity contribution in [2.75, 3.05) is 17.8 Å². The van der Waals surface area contributed by atoms with Gasteiger partial charge in [0.15, 0.2) is 0 Å². The minimum Gasteiger partial charge on any atom is -0.389 e. The van der Waals surface area contributed by atoms with E-state index in [-0.39, 0.29) is 10.8 Å². The SMILES string of the molecule is O=C(c1ccc(NS(=O)(=O)c2cccnc2)cc1)N1CCC(O)(Cc2ccccc2)CC1. The van der Waals surface area contributed by atoms with Gasteiger partial charge in [-0.25, -0.2) is 8.42 Å². The van der Waals surface area contributed by atoms with Crippen LogP contribution in [0.5, 0.6) is 0 Å². The number of amides is 1. The lowest BCUT2D eigenvalue weighted by atomic mass is 9.85. The molecule has 1 saturated heterocycles. The Labute approximate surface area is 187 Å². The topological polar surface area (TPSA) is 99.6 Å². The van der Waals surface area contributed by atoms with Gasteiger partial charge >= 0.3 is 0 Å². The van der Waals surface area contributed by atoms with Crippen LogP contribution in [0, 0.1) is 0 Å². The lowest BCUT2D eigenvalue weighted by Gasteiger charge is -2.38. The van der Waals surface area contributed by atoms with Gasteiger partial charge in [0.2, 0.25) is 0 Å². The monoisotopic (exact) mass is 451 g/mol. The molecule has 1 fully saturated rings. The molecular formula is C24H25N3O4S. The van der Waals surface area contributed by atoms with Crippen molar-refractivity contribution in [2.45, 2.75) is 29.8 Å². The number of pyridine rings is 1. The minimum atomic E-state index is -3.74. The average molecular weight is 452 g/mol. The first-order valence-electron chi connectivity index (χ1n) is 10.4. The van der Waals surface area contributed by atoms with E-state index in [0.717, 1.165) is 5.56 Å². The molecular weight excluding hydrogens is 426 g/mol. The number of carbonyl (C=O) groups is 1. The summed E-state index contributed by atoms with van der Waals surface area (Å²) in [5, 5.41) is 10.9. The number of likely N-dealkylation sites (tertiary alicyclic amines) is 1. The number of hydrogen-bond acceptors (Lipinski definition) is 5. The van der Waals surface area contributed by atoms with E-state index in [1.54, 1.807) is 35.2 Å². The summed E-state index contributed by atoms with van der Waals surface area (Å²) in [7, 11) is -3.74. The van der Waals surface area contributed by atoms with Crippen molar-refractivity contribution in [3.8, 4) is 0 Å². The van der Waals surface area contributed by atoms with Gasteiger partial charge in [0.05, 0.1) is 5.60 Å². The highest BCUT2D eigenvalue weighted by molar-refractivity contribution is 7.92. The molecule has 0 bridgehead atoms. The van der Waals surface area contributed by atoms with E-state index in [9.17, 15) is 18.3 Å². The number of hydrogen-bond donors (Lipinski definition) is 2. The van der Waals surface area contributed by atoms with E-state index in [2.05, 4.69) is 9.71 Å². The number of anilines is 1. The molecule has 2 heterocycles. The molecule has 2 aromatic carbocycles. The lowest BCUT2D eigenvalue weighted by Crippen LogP contribution is -2.47. The van der Waals surface area contributed by atoms with Gasteiger partial charge in [-0.3, -0.25) is 14.5 Å². The molecule has 1 aliphatic rings. The Hall–Kier alpha value is -3.23. The third kappa shape index (κ3) is 5.15. The standard InChI is InChI=1S/C24H25N3O4S/c28-23(27-15-12-24(29,13-16-27)17-19-5-2-1-3-6-19)20-8-10-21(11-9-20)26-32(30,31)22-7-4-14-25-18-22/h1-11,14,18,26,29H,12-13,15-17H2. The summed E-state index contributed by atoms with van der Waals surface area (Å²) in [6, 6.07) is 19.2. The second-order valence-electron chi connectivity index (χ2n) is 8.05. The molecule has 3 aromatic rings. The van der Waals surface area contributed by atoms with Crippen molar-refractivity contribution < 1.29 is 18.3 Å². The van der Waals surface area contributed by atoms with Crippen molar-refractivity contribution >= 4 is 21.6 Å². The number of aromatic nitrogens is 1. The zero-order chi connectivity index (χ0) is 22.6. The van der Waals surface area contributed by atoms with Crippen molar-refractivity contribution in [1.82, 2.24) is 9.88 Å². The maximum absolute atomic E-state index is 12.9. The van der Waals surface area contributed by atoms with Crippen molar-refractivity contribution in [1.29, 1.82) is 0 Å². The fourth-order valence-corrected chi connectivity index (χ4v) is 4.88. The van der Waals surface area contributed by atoms with E-state index in [0.29, 0.717) is 43.6 Å². The Kier molecular flexibility index (Phi) is 6.25. The molecule has 0 aliphatic carbocycles. The number of nitrogens with one attached hydrogen (secondary N) is 1. The quantitative estimate of drug-likeness (QED) is 0.600. The summed E-state index contributed by atoms with van der Waals surface area (Å²) >= 11 is 0. The van der Waals surface area contributed by atoms with Crippen LogP contribution < -0.4 is 4.72 Å². The highest BCUT2D eigenvalue weighted by Crippen LogP contribution is 2.27. The van der Waals surface area contributed by atoms with Gasteiger partial charge in [0.1, 0.15) is 4.90 Å². The van der Waals surface area contributed by atoms with Crippen molar-refractivity contribution in [2.24, 2.45) is 0 Å².